The van der Waals surface area contributed by atoms with Gasteiger partial charge in [-0.3, -0.25) is 0 Å². The molecule has 0 atom stereocenters. The van der Waals surface area contributed by atoms with E-state index in [0.29, 0.717) is 0 Å². The third kappa shape index (κ3) is 2.09. The van der Waals surface area contributed by atoms with E-state index in [-0.39, 0.29) is 0 Å². The van der Waals surface area contributed by atoms with Gasteiger partial charge < -0.3 is 14.8 Å². The number of benzene rings is 1. The fourth-order valence-corrected chi connectivity index (χ4v) is 2.39. The van der Waals surface area contributed by atoms with Crippen LogP contribution >= 0.6 is 0 Å². The Morgan fingerprint density at radius 2 is 1.90 bits per heavy atom. The molecule has 2 heterocycles. The highest BCUT2D eigenvalue weighted by Crippen LogP contribution is 2.28. The van der Waals surface area contributed by atoms with Crippen molar-refractivity contribution in [2.45, 2.75) is 0 Å². The van der Waals surface area contributed by atoms with Gasteiger partial charge in [0.15, 0.2) is 0 Å². The van der Waals surface area contributed by atoms with Crippen LogP contribution in [0.5, 0.6) is 0 Å². The summed E-state index contributed by atoms with van der Waals surface area (Å²) >= 11 is 0. The Morgan fingerprint density at radius 1 is 1.10 bits per heavy atom. The lowest BCUT2D eigenvalue weighted by Crippen LogP contribution is -2.09. The minimum atomic E-state index is 0.870. The Bertz CT molecular complexity index is 745. The van der Waals surface area contributed by atoms with E-state index in [9.17, 15) is 0 Å². The molecule has 4 heteroatoms. The lowest BCUT2D eigenvalue weighted by atomic mass is 10.2. The van der Waals surface area contributed by atoms with E-state index < -0.39 is 0 Å². The van der Waals surface area contributed by atoms with Crippen molar-refractivity contribution in [3.63, 3.8) is 0 Å². The van der Waals surface area contributed by atoms with Crippen LogP contribution in [0, 0.1) is 0 Å². The van der Waals surface area contributed by atoms with Crippen molar-refractivity contribution in [1.29, 1.82) is 0 Å². The Balaban J connectivity index is 2.00. The van der Waals surface area contributed by atoms with Gasteiger partial charge >= 0.3 is 0 Å². The molecule has 0 bridgehead atoms. The van der Waals surface area contributed by atoms with Gasteiger partial charge in [0.1, 0.15) is 5.82 Å². The summed E-state index contributed by atoms with van der Waals surface area (Å²) in [6.45, 7) is 0. The lowest BCUT2D eigenvalue weighted by Gasteiger charge is -2.20. The van der Waals surface area contributed by atoms with E-state index in [1.807, 2.05) is 25.4 Å². The molecule has 0 aliphatic heterocycles. The SMILES string of the molecule is CNc1cc(N(C)c2ccc3c(ccn3C)c2)ccn1. The second-order valence-electron chi connectivity index (χ2n) is 4.88. The summed E-state index contributed by atoms with van der Waals surface area (Å²) in [5.74, 6) is 0.870. The molecule has 0 amide bonds. The van der Waals surface area contributed by atoms with Crippen LogP contribution in [0.3, 0.4) is 0 Å². The first-order valence-electron chi connectivity index (χ1n) is 6.61. The van der Waals surface area contributed by atoms with Gasteiger partial charge in [0.2, 0.25) is 0 Å². The number of hydrogen-bond donors (Lipinski definition) is 1. The third-order valence-electron chi connectivity index (χ3n) is 3.64. The van der Waals surface area contributed by atoms with Crippen LogP contribution in [0.15, 0.2) is 48.8 Å². The number of anilines is 3. The zero-order valence-corrected chi connectivity index (χ0v) is 12.0. The molecule has 1 aromatic carbocycles. The molecule has 0 aliphatic rings. The minimum Gasteiger partial charge on any atom is -0.373 e. The minimum absolute atomic E-state index is 0.870. The van der Waals surface area contributed by atoms with Crippen molar-refractivity contribution in [2.75, 3.05) is 24.3 Å². The number of hydrogen-bond acceptors (Lipinski definition) is 3. The molecule has 1 N–H and O–H groups in total. The van der Waals surface area contributed by atoms with E-state index in [4.69, 9.17) is 0 Å². The molecule has 0 saturated heterocycles. The van der Waals surface area contributed by atoms with Gasteiger partial charge in [-0.1, -0.05) is 0 Å². The summed E-state index contributed by atoms with van der Waals surface area (Å²) in [6, 6.07) is 12.7. The van der Waals surface area contributed by atoms with Crippen LogP contribution in [-0.2, 0) is 7.05 Å². The quantitative estimate of drug-likeness (QED) is 0.789. The number of nitrogens with one attached hydrogen (secondary N) is 1. The highest BCUT2D eigenvalue weighted by atomic mass is 15.1. The number of aryl methyl sites for hydroxylation is 1. The standard InChI is InChI=1S/C16H18N4/c1-17-16-11-14(6-8-18-16)20(3)13-4-5-15-12(10-13)7-9-19(15)2/h4-11H,1-3H3,(H,17,18). The first-order valence-corrected chi connectivity index (χ1v) is 6.61. The highest BCUT2D eigenvalue weighted by molar-refractivity contribution is 5.85. The summed E-state index contributed by atoms with van der Waals surface area (Å²) in [7, 11) is 6.01. The zero-order valence-electron chi connectivity index (χ0n) is 12.0. The maximum Gasteiger partial charge on any atom is 0.127 e. The van der Waals surface area contributed by atoms with Crippen LogP contribution in [0.2, 0.25) is 0 Å². The zero-order chi connectivity index (χ0) is 14.1. The molecule has 0 fully saturated rings. The van der Waals surface area contributed by atoms with Crippen molar-refractivity contribution in [2.24, 2.45) is 7.05 Å². The summed E-state index contributed by atoms with van der Waals surface area (Å²) in [6.07, 6.45) is 3.90. The lowest BCUT2D eigenvalue weighted by molar-refractivity contribution is 0.969. The molecule has 0 aliphatic carbocycles. The first kappa shape index (κ1) is 12.5. The van der Waals surface area contributed by atoms with Crippen molar-refractivity contribution in [1.82, 2.24) is 9.55 Å². The molecule has 0 unspecified atom stereocenters. The van der Waals surface area contributed by atoms with Crippen LogP contribution in [0.1, 0.15) is 0 Å². The van der Waals surface area contributed by atoms with E-state index in [1.54, 1.807) is 0 Å². The predicted octanol–water partition coefficient (Wildman–Crippen LogP) is 3.38. The topological polar surface area (TPSA) is 33.1 Å². The van der Waals surface area contributed by atoms with E-state index in [1.165, 1.54) is 10.9 Å². The fourth-order valence-electron chi connectivity index (χ4n) is 2.39. The molecule has 0 saturated carbocycles. The van der Waals surface area contributed by atoms with Crippen molar-refractivity contribution in [3.8, 4) is 0 Å². The van der Waals surface area contributed by atoms with E-state index in [2.05, 4.69) is 64.3 Å². The maximum absolute atomic E-state index is 4.25. The summed E-state index contributed by atoms with van der Waals surface area (Å²) < 4.78 is 2.13. The maximum atomic E-state index is 4.25. The second kappa shape index (κ2) is 4.89. The predicted molar refractivity (Wildman–Crippen MR) is 84.8 cm³/mol. The normalized spacial score (nSPS) is 10.8. The molecule has 20 heavy (non-hydrogen) atoms. The number of aromatic nitrogens is 2. The largest absolute Gasteiger partial charge is 0.373 e. The first-order chi connectivity index (χ1) is 9.69. The van der Waals surface area contributed by atoms with Gasteiger partial charge in [-0.2, -0.15) is 0 Å². The van der Waals surface area contributed by atoms with E-state index in [0.717, 1.165) is 17.2 Å². The number of pyridine rings is 1. The molecule has 102 valence electrons. The molecule has 2 aromatic heterocycles. The summed E-state index contributed by atoms with van der Waals surface area (Å²) in [4.78, 5) is 6.41. The molecular weight excluding hydrogens is 248 g/mol. The number of nitrogens with zero attached hydrogens (tertiary/aromatic N) is 3. The van der Waals surface area contributed by atoms with Crippen LogP contribution in [-0.4, -0.2) is 23.6 Å². The van der Waals surface area contributed by atoms with Gasteiger partial charge in [0.25, 0.3) is 0 Å². The molecule has 4 nitrogen and oxygen atoms in total. The number of fused-ring (bicyclic) bond motifs is 1. The van der Waals surface area contributed by atoms with Gasteiger partial charge in [0, 0.05) is 61.9 Å². The Morgan fingerprint density at radius 3 is 2.70 bits per heavy atom. The fraction of sp³-hybridized carbons (Fsp3) is 0.188. The Hall–Kier alpha value is -2.49. The second-order valence-corrected chi connectivity index (χ2v) is 4.88. The van der Waals surface area contributed by atoms with Crippen LogP contribution in [0.25, 0.3) is 10.9 Å². The summed E-state index contributed by atoms with van der Waals surface area (Å²) in [5.41, 5.74) is 3.52. The van der Waals surface area contributed by atoms with Crippen LogP contribution in [0.4, 0.5) is 17.2 Å². The van der Waals surface area contributed by atoms with E-state index >= 15 is 0 Å². The average Bonchev–Trinajstić information content (AvgIpc) is 2.87. The Labute approximate surface area is 118 Å². The molecule has 0 spiro atoms. The molecule has 3 aromatic rings. The van der Waals surface area contributed by atoms with Crippen LogP contribution < -0.4 is 10.2 Å². The summed E-state index contributed by atoms with van der Waals surface area (Å²) in [5, 5.41) is 4.32. The van der Waals surface area contributed by atoms with Gasteiger partial charge in [-0.05, 0) is 30.3 Å². The van der Waals surface area contributed by atoms with Gasteiger partial charge in [-0.25, -0.2) is 4.98 Å². The monoisotopic (exact) mass is 266 g/mol. The molecular formula is C16H18N4. The highest BCUT2D eigenvalue weighted by Gasteiger charge is 2.07. The third-order valence-corrected chi connectivity index (χ3v) is 3.64. The van der Waals surface area contributed by atoms with Gasteiger partial charge in [0.05, 0.1) is 0 Å². The van der Waals surface area contributed by atoms with Crippen molar-refractivity contribution >= 4 is 28.1 Å². The van der Waals surface area contributed by atoms with Gasteiger partial charge in [-0.15, -0.1) is 0 Å². The smallest absolute Gasteiger partial charge is 0.127 e. The molecule has 3 rings (SSSR count). The number of rotatable bonds is 3. The molecule has 0 radical (unpaired) electrons. The average molecular weight is 266 g/mol. The van der Waals surface area contributed by atoms with Crippen molar-refractivity contribution in [3.05, 3.63) is 48.8 Å². The Kier molecular flexibility index (Phi) is 3.06. The van der Waals surface area contributed by atoms with Crippen molar-refractivity contribution < 1.29 is 0 Å².